The third-order valence-corrected chi connectivity index (χ3v) is 2.90. The van der Waals surface area contributed by atoms with Crippen molar-refractivity contribution < 1.29 is 27.8 Å². The highest BCUT2D eigenvalue weighted by atomic mass is 19.4. The molecule has 20 heavy (non-hydrogen) atoms. The molecular weight excluding hydrogens is 279 g/mol. The van der Waals surface area contributed by atoms with E-state index >= 15 is 0 Å². The minimum Gasteiger partial charge on any atom is -0.471 e. The fourth-order valence-electron chi connectivity index (χ4n) is 1.93. The van der Waals surface area contributed by atoms with E-state index in [1.807, 2.05) is 0 Å². The Morgan fingerprint density at radius 1 is 1.55 bits per heavy atom. The molecule has 0 unspecified atom stereocenters. The lowest BCUT2D eigenvalue weighted by Crippen LogP contribution is -2.33. The maximum absolute atomic E-state index is 12.7. The number of rotatable bonds is 3. The molecule has 1 aromatic heterocycles. The molecule has 0 radical (unpaired) electrons. The molecule has 1 atom stereocenters. The third kappa shape index (κ3) is 3.16. The van der Waals surface area contributed by atoms with E-state index in [1.165, 1.54) is 4.90 Å². The molecule has 1 aliphatic rings. The smallest absolute Gasteiger partial charge is 0.421 e. The molecule has 1 amide bonds. The predicted octanol–water partition coefficient (Wildman–Crippen LogP) is 0.467. The number of nitrogens with zero attached hydrogens (tertiary/aromatic N) is 3. The van der Waals surface area contributed by atoms with Crippen molar-refractivity contribution in [3.63, 3.8) is 0 Å². The standard InChI is InChI=1S/C11H12F3N3O3/c12-11(13,14)8-1-3-15-16-10(8)20-7-2-4-17(5-7)9(19)6-18/h1,3,7,18H,2,4-6H2/t7-/m0/s1. The number of carbonyl (C=O) groups excluding carboxylic acids is 1. The summed E-state index contributed by atoms with van der Waals surface area (Å²) in [4.78, 5) is 12.6. The van der Waals surface area contributed by atoms with Crippen molar-refractivity contribution >= 4 is 5.91 Å². The lowest BCUT2D eigenvalue weighted by atomic mass is 10.3. The van der Waals surface area contributed by atoms with Crippen LogP contribution in [0, 0.1) is 0 Å². The highest BCUT2D eigenvalue weighted by Gasteiger charge is 2.37. The quantitative estimate of drug-likeness (QED) is 0.876. The van der Waals surface area contributed by atoms with Crippen LogP contribution in [0.1, 0.15) is 12.0 Å². The Labute approximate surface area is 112 Å². The largest absolute Gasteiger partial charge is 0.471 e. The summed E-state index contributed by atoms with van der Waals surface area (Å²) >= 11 is 0. The zero-order valence-electron chi connectivity index (χ0n) is 10.3. The van der Waals surface area contributed by atoms with Crippen LogP contribution in [-0.2, 0) is 11.0 Å². The van der Waals surface area contributed by atoms with Crippen LogP contribution in [0.25, 0.3) is 0 Å². The van der Waals surface area contributed by atoms with Gasteiger partial charge in [0.05, 0.1) is 12.7 Å². The summed E-state index contributed by atoms with van der Waals surface area (Å²) < 4.78 is 43.4. The van der Waals surface area contributed by atoms with Gasteiger partial charge in [-0.25, -0.2) is 0 Å². The molecule has 2 heterocycles. The van der Waals surface area contributed by atoms with Gasteiger partial charge in [0.1, 0.15) is 18.3 Å². The zero-order chi connectivity index (χ0) is 14.8. The average molecular weight is 291 g/mol. The van der Waals surface area contributed by atoms with Crippen molar-refractivity contribution in [2.24, 2.45) is 0 Å². The van der Waals surface area contributed by atoms with Crippen LogP contribution in [0.5, 0.6) is 5.88 Å². The second-order valence-electron chi connectivity index (χ2n) is 4.27. The van der Waals surface area contributed by atoms with Crippen LogP contribution in [0.4, 0.5) is 13.2 Å². The van der Waals surface area contributed by atoms with Gasteiger partial charge in [-0.3, -0.25) is 4.79 Å². The molecule has 0 spiro atoms. The van der Waals surface area contributed by atoms with E-state index in [4.69, 9.17) is 9.84 Å². The molecule has 0 aromatic carbocycles. The number of hydrogen-bond acceptors (Lipinski definition) is 5. The molecule has 1 saturated heterocycles. The molecule has 1 fully saturated rings. The summed E-state index contributed by atoms with van der Waals surface area (Å²) in [6, 6.07) is 0.786. The van der Waals surface area contributed by atoms with E-state index in [9.17, 15) is 18.0 Å². The predicted molar refractivity (Wildman–Crippen MR) is 59.7 cm³/mol. The zero-order valence-corrected chi connectivity index (χ0v) is 10.3. The Morgan fingerprint density at radius 3 is 2.95 bits per heavy atom. The maximum atomic E-state index is 12.7. The van der Waals surface area contributed by atoms with E-state index in [2.05, 4.69) is 10.2 Å². The molecule has 1 aliphatic heterocycles. The molecule has 9 heteroatoms. The summed E-state index contributed by atoms with van der Waals surface area (Å²) in [5.74, 6) is -1.07. The fourth-order valence-corrected chi connectivity index (χ4v) is 1.93. The Kier molecular flexibility index (Phi) is 4.07. The molecule has 1 aromatic rings. The number of carbonyl (C=O) groups is 1. The summed E-state index contributed by atoms with van der Waals surface area (Å²) in [5.41, 5.74) is -1.00. The Hall–Kier alpha value is -1.90. The number of alkyl halides is 3. The molecular formula is C11H12F3N3O3. The summed E-state index contributed by atoms with van der Waals surface area (Å²) in [6.07, 6.45) is -3.86. The molecule has 110 valence electrons. The van der Waals surface area contributed by atoms with E-state index in [-0.39, 0.29) is 6.54 Å². The average Bonchev–Trinajstić information content (AvgIpc) is 2.86. The second kappa shape index (κ2) is 5.61. The third-order valence-electron chi connectivity index (χ3n) is 2.90. The van der Waals surface area contributed by atoms with Crippen molar-refractivity contribution in [2.45, 2.75) is 18.7 Å². The molecule has 0 bridgehead atoms. The number of halogens is 3. The van der Waals surface area contributed by atoms with E-state index in [0.717, 1.165) is 12.3 Å². The van der Waals surface area contributed by atoms with Gasteiger partial charge in [-0.2, -0.15) is 18.3 Å². The van der Waals surface area contributed by atoms with Gasteiger partial charge < -0.3 is 14.7 Å². The molecule has 2 rings (SSSR count). The van der Waals surface area contributed by atoms with Gasteiger partial charge in [-0.05, 0) is 6.07 Å². The summed E-state index contributed by atoms with van der Waals surface area (Å²) in [7, 11) is 0. The maximum Gasteiger partial charge on any atom is 0.421 e. The van der Waals surface area contributed by atoms with Crippen LogP contribution in [0.2, 0.25) is 0 Å². The van der Waals surface area contributed by atoms with Crippen molar-refractivity contribution in [1.29, 1.82) is 0 Å². The number of aromatic nitrogens is 2. The molecule has 6 nitrogen and oxygen atoms in total. The van der Waals surface area contributed by atoms with Gasteiger partial charge in [0.25, 0.3) is 0 Å². The number of aliphatic hydroxyl groups excluding tert-OH is 1. The van der Waals surface area contributed by atoms with Gasteiger partial charge in [0.2, 0.25) is 11.8 Å². The number of amides is 1. The first-order valence-electron chi connectivity index (χ1n) is 5.86. The number of hydrogen-bond donors (Lipinski definition) is 1. The first-order valence-corrected chi connectivity index (χ1v) is 5.86. The van der Waals surface area contributed by atoms with E-state index in [1.54, 1.807) is 0 Å². The summed E-state index contributed by atoms with van der Waals surface area (Å²) in [5, 5.41) is 15.4. The summed E-state index contributed by atoms with van der Waals surface area (Å²) in [6.45, 7) is -0.190. The number of aliphatic hydroxyl groups is 1. The van der Waals surface area contributed by atoms with Crippen molar-refractivity contribution in [3.8, 4) is 5.88 Å². The molecule has 1 N–H and O–H groups in total. The van der Waals surface area contributed by atoms with Crippen LogP contribution in [0.3, 0.4) is 0 Å². The normalized spacial score (nSPS) is 19.2. The van der Waals surface area contributed by atoms with Crippen LogP contribution >= 0.6 is 0 Å². The van der Waals surface area contributed by atoms with Gasteiger partial charge in [0, 0.05) is 13.0 Å². The van der Waals surface area contributed by atoms with Crippen molar-refractivity contribution in [3.05, 3.63) is 17.8 Å². The molecule has 0 saturated carbocycles. The Morgan fingerprint density at radius 2 is 2.30 bits per heavy atom. The highest BCUT2D eigenvalue weighted by Crippen LogP contribution is 2.35. The lowest BCUT2D eigenvalue weighted by Gasteiger charge is -2.17. The minimum absolute atomic E-state index is 0.118. The van der Waals surface area contributed by atoms with E-state index in [0.29, 0.717) is 13.0 Å². The second-order valence-corrected chi connectivity index (χ2v) is 4.27. The lowest BCUT2D eigenvalue weighted by molar-refractivity contribution is -0.140. The monoisotopic (exact) mass is 291 g/mol. The van der Waals surface area contributed by atoms with Crippen LogP contribution < -0.4 is 4.74 Å². The molecule has 0 aliphatic carbocycles. The fraction of sp³-hybridized carbons (Fsp3) is 0.545. The van der Waals surface area contributed by atoms with Gasteiger partial charge in [-0.1, -0.05) is 0 Å². The SMILES string of the molecule is O=C(CO)N1CC[C@H](Oc2nnccc2C(F)(F)F)C1. The number of ether oxygens (including phenoxy) is 1. The van der Waals surface area contributed by atoms with Crippen LogP contribution in [0.15, 0.2) is 12.3 Å². The van der Waals surface area contributed by atoms with Crippen LogP contribution in [-0.4, -0.2) is 51.9 Å². The Balaban J connectivity index is 2.07. The highest BCUT2D eigenvalue weighted by molar-refractivity contribution is 5.77. The van der Waals surface area contributed by atoms with Gasteiger partial charge in [0.15, 0.2) is 0 Å². The van der Waals surface area contributed by atoms with Gasteiger partial charge in [-0.15, -0.1) is 5.10 Å². The Bertz CT molecular complexity index is 495. The van der Waals surface area contributed by atoms with Crippen molar-refractivity contribution in [1.82, 2.24) is 15.1 Å². The van der Waals surface area contributed by atoms with Crippen molar-refractivity contribution in [2.75, 3.05) is 19.7 Å². The first kappa shape index (κ1) is 14.5. The minimum atomic E-state index is -4.58. The number of likely N-dealkylation sites (tertiary alicyclic amines) is 1. The van der Waals surface area contributed by atoms with E-state index < -0.39 is 36.2 Å². The first-order chi connectivity index (χ1) is 9.41. The topological polar surface area (TPSA) is 75.5 Å². The van der Waals surface area contributed by atoms with Gasteiger partial charge >= 0.3 is 6.18 Å².